The van der Waals surface area contributed by atoms with E-state index in [0.29, 0.717) is 35.8 Å². The zero-order chi connectivity index (χ0) is 15.9. The number of carbonyl (C=O) groups is 1. The quantitative estimate of drug-likeness (QED) is 0.782. The molecule has 2 aromatic rings. The average molecular weight is 361 g/mol. The molecule has 7 heteroatoms. The second-order valence-electron chi connectivity index (χ2n) is 5.00. The van der Waals surface area contributed by atoms with Crippen molar-refractivity contribution < 1.29 is 9.53 Å². The highest BCUT2D eigenvalue weighted by Gasteiger charge is 2.28. The van der Waals surface area contributed by atoms with E-state index in [4.69, 9.17) is 4.74 Å². The van der Waals surface area contributed by atoms with Gasteiger partial charge in [0, 0.05) is 17.1 Å². The summed E-state index contributed by atoms with van der Waals surface area (Å²) in [5, 5.41) is 13.3. The molecule has 1 aromatic heterocycles. The Labute approximate surface area is 136 Å². The fourth-order valence-corrected chi connectivity index (χ4v) is 2.91. The Kier molecular flexibility index (Phi) is 3.62. The highest BCUT2D eigenvalue weighted by atomic mass is 79.9. The molecule has 0 saturated carbocycles. The van der Waals surface area contributed by atoms with Crippen LogP contribution in [0, 0.1) is 18.3 Å². The first-order valence-electron chi connectivity index (χ1n) is 6.70. The largest absolute Gasteiger partial charge is 0.486 e. The fraction of sp³-hybridized carbons (Fsp3) is 0.267. The maximum atomic E-state index is 12.8. The van der Waals surface area contributed by atoms with Gasteiger partial charge in [-0.1, -0.05) is 15.9 Å². The Bertz CT molecular complexity index is 807. The molecule has 112 valence electrons. The summed E-state index contributed by atoms with van der Waals surface area (Å²) in [5.74, 6) is 1.05. The normalized spacial score (nSPS) is 13.3. The molecule has 6 nitrogen and oxygen atoms in total. The van der Waals surface area contributed by atoms with Gasteiger partial charge in [-0.15, -0.1) is 0 Å². The van der Waals surface area contributed by atoms with E-state index in [1.54, 1.807) is 35.0 Å². The van der Waals surface area contributed by atoms with Gasteiger partial charge < -0.3 is 4.74 Å². The van der Waals surface area contributed by atoms with Gasteiger partial charge in [-0.05, 0) is 24.6 Å². The van der Waals surface area contributed by atoms with Gasteiger partial charge in [0.1, 0.15) is 6.61 Å². The molecule has 3 rings (SSSR count). The van der Waals surface area contributed by atoms with Gasteiger partial charge in [-0.2, -0.15) is 10.4 Å². The van der Waals surface area contributed by atoms with E-state index in [-0.39, 0.29) is 5.91 Å². The van der Waals surface area contributed by atoms with Gasteiger partial charge in [0.05, 0.1) is 24.4 Å². The van der Waals surface area contributed by atoms with E-state index in [1.807, 2.05) is 6.92 Å². The first kappa shape index (κ1) is 14.6. The van der Waals surface area contributed by atoms with Crippen LogP contribution in [0.5, 0.6) is 5.75 Å². The van der Waals surface area contributed by atoms with Crippen LogP contribution in [-0.4, -0.2) is 28.8 Å². The minimum absolute atomic E-state index is 0.176. The van der Waals surface area contributed by atoms with Gasteiger partial charge in [-0.3, -0.25) is 9.69 Å². The van der Waals surface area contributed by atoms with Crippen LogP contribution in [0.2, 0.25) is 0 Å². The number of nitriles is 1. The average Bonchev–Trinajstić information content (AvgIpc) is 2.91. The molecule has 2 heterocycles. The molecule has 0 saturated heterocycles. The second kappa shape index (κ2) is 5.46. The third kappa shape index (κ3) is 2.25. The summed E-state index contributed by atoms with van der Waals surface area (Å²) >= 11 is 3.40. The first-order chi connectivity index (χ1) is 10.5. The molecule has 0 bridgehead atoms. The number of hydrogen-bond acceptors (Lipinski definition) is 4. The predicted octanol–water partition coefficient (Wildman–Crippen LogP) is 2.40. The van der Waals surface area contributed by atoms with Crippen LogP contribution in [0.1, 0.15) is 21.5 Å². The number of amides is 1. The van der Waals surface area contributed by atoms with Crippen LogP contribution in [0.3, 0.4) is 0 Å². The molecule has 0 spiro atoms. The van der Waals surface area contributed by atoms with Crippen molar-refractivity contribution in [1.82, 2.24) is 9.78 Å². The highest BCUT2D eigenvalue weighted by molar-refractivity contribution is 9.10. The number of benzene rings is 1. The molecule has 0 atom stereocenters. The second-order valence-corrected chi connectivity index (χ2v) is 5.86. The molecule has 1 aromatic carbocycles. The number of ether oxygens (including phenoxy) is 1. The van der Waals surface area contributed by atoms with Crippen molar-refractivity contribution in [3.8, 4) is 11.8 Å². The van der Waals surface area contributed by atoms with Crippen molar-refractivity contribution in [2.45, 2.75) is 6.92 Å². The zero-order valence-corrected chi connectivity index (χ0v) is 13.7. The van der Waals surface area contributed by atoms with Crippen LogP contribution >= 0.6 is 15.9 Å². The molecule has 0 N–H and O–H groups in total. The van der Waals surface area contributed by atoms with Crippen molar-refractivity contribution in [2.75, 3.05) is 18.1 Å². The fourth-order valence-electron chi connectivity index (χ4n) is 2.45. The summed E-state index contributed by atoms with van der Waals surface area (Å²) in [5.41, 5.74) is 1.77. The number of aryl methyl sites for hydroxylation is 1. The monoisotopic (exact) mass is 360 g/mol. The highest BCUT2D eigenvalue weighted by Crippen LogP contribution is 2.32. The summed E-state index contributed by atoms with van der Waals surface area (Å²) in [6.07, 6.45) is 1.60. The number of anilines is 1. The van der Waals surface area contributed by atoms with E-state index >= 15 is 0 Å². The van der Waals surface area contributed by atoms with Crippen LogP contribution in [-0.2, 0) is 7.05 Å². The molecule has 0 aliphatic carbocycles. The molecule has 22 heavy (non-hydrogen) atoms. The lowest BCUT2D eigenvalue weighted by molar-refractivity contribution is 0.0974. The van der Waals surface area contributed by atoms with Gasteiger partial charge in [0.25, 0.3) is 5.91 Å². The van der Waals surface area contributed by atoms with E-state index in [1.165, 1.54) is 0 Å². The number of fused-ring (bicyclic) bond motifs is 1. The van der Waals surface area contributed by atoms with Gasteiger partial charge in [-0.25, -0.2) is 4.68 Å². The lowest BCUT2D eigenvalue weighted by Gasteiger charge is -2.27. The number of carbonyl (C=O) groups excluding carboxylic acids is 1. The third-order valence-corrected chi connectivity index (χ3v) is 4.48. The summed E-state index contributed by atoms with van der Waals surface area (Å²) in [4.78, 5) is 14.5. The number of hydrogen-bond donors (Lipinski definition) is 0. The van der Waals surface area contributed by atoms with E-state index < -0.39 is 0 Å². The van der Waals surface area contributed by atoms with Crippen LogP contribution in [0.25, 0.3) is 0 Å². The number of aromatic nitrogens is 2. The number of halogens is 1. The Morgan fingerprint density at radius 1 is 1.50 bits per heavy atom. The Balaban J connectivity index is 2.05. The summed E-state index contributed by atoms with van der Waals surface area (Å²) in [6, 6.07) is 5.48. The van der Waals surface area contributed by atoms with Crippen LogP contribution < -0.4 is 9.64 Å². The molecule has 1 aliphatic rings. The molecule has 0 radical (unpaired) electrons. The Morgan fingerprint density at radius 2 is 2.27 bits per heavy atom. The minimum atomic E-state index is -0.176. The van der Waals surface area contributed by atoms with E-state index in [2.05, 4.69) is 27.1 Å². The zero-order valence-electron chi connectivity index (χ0n) is 12.1. The molecular weight excluding hydrogens is 348 g/mol. The van der Waals surface area contributed by atoms with E-state index in [9.17, 15) is 10.1 Å². The van der Waals surface area contributed by atoms with Gasteiger partial charge in [0.15, 0.2) is 11.6 Å². The molecule has 0 unspecified atom stereocenters. The lowest BCUT2D eigenvalue weighted by atomic mass is 10.0. The van der Waals surface area contributed by atoms with Gasteiger partial charge >= 0.3 is 0 Å². The number of rotatable bonds is 1. The molecule has 0 fully saturated rings. The predicted molar refractivity (Wildman–Crippen MR) is 84.0 cm³/mol. The van der Waals surface area contributed by atoms with Gasteiger partial charge in [0.2, 0.25) is 0 Å². The van der Waals surface area contributed by atoms with Crippen molar-refractivity contribution in [1.29, 1.82) is 5.26 Å². The standard InChI is InChI=1S/C15H13BrN4O2/c1-9-11(7-17)5-10(6-12(9)16)15(21)20-3-4-22-13-8-18-19(2)14(13)20/h5-6,8H,3-4H2,1-2H3. The Hall–Kier alpha value is -2.33. The van der Waals surface area contributed by atoms with Crippen molar-refractivity contribution >= 4 is 27.7 Å². The van der Waals surface area contributed by atoms with Crippen molar-refractivity contribution in [2.24, 2.45) is 7.05 Å². The first-order valence-corrected chi connectivity index (χ1v) is 7.49. The van der Waals surface area contributed by atoms with Crippen LogP contribution in [0.4, 0.5) is 5.82 Å². The molecular formula is C15H13BrN4O2. The maximum absolute atomic E-state index is 12.8. The smallest absolute Gasteiger partial charge is 0.259 e. The Morgan fingerprint density at radius 3 is 3.00 bits per heavy atom. The SMILES string of the molecule is Cc1c(Br)cc(C(=O)N2CCOc3cnn(C)c32)cc1C#N. The molecule has 1 amide bonds. The summed E-state index contributed by atoms with van der Waals surface area (Å²) in [6.45, 7) is 2.70. The minimum Gasteiger partial charge on any atom is -0.486 e. The topological polar surface area (TPSA) is 71.2 Å². The van der Waals surface area contributed by atoms with Crippen LogP contribution in [0.15, 0.2) is 22.8 Å². The lowest BCUT2D eigenvalue weighted by Crippen LogP contribution is -2.39. The van der Waals surface area contributed by atoms with E-state index in [0.717, 1.165) is 10.0 Å². The third-order valence-electron chi connectivity index (χ3n) is 3.66. The van der Waals surface area contributed by atoms with Crippen molar-refractivity contribution in [3.05, 3.63) is 39.5 Å². The summed E-state index contributed by atoms with van der Waals surface area (Å²) < 4.78 is 7.87. The maximum Gasteiger partial charge on any atom is 0.259 e. The summed E-state index contributed by atoms with van der Waals surface area (Å²) in [7, 11) is 1.76. The van der Waals surface area contributed by atoms with Crippen molar-refractivity contribution in [3.63, 3.8) is 0 Å². The number of nitrogens with zero attached hydrogens (tertiary/aromatic N) is 4. The molecule has 1 aliphatic heterocycles.